The van der Waals surface area contributed by atoms with Crippen LogP contribution in [0.3, 0.4) is 0 Å². The largest absolute Gasteiger partial charge is 0.314 e. The summed E-state index contributed by atoms with van der Waals surface area (Å²) in [4.78, 5) is 41.7. The van der Waals surface area contributed by atoms with Crippen LogP contribution < -0.4 is 15.1 Å². The summed E-state index contributed by atoms with van der Waals surface area (Å²) in [5.41, 5.74) is 2.37. The number of benzene rings is 2. The Morgan fingerprint density at radius 3 is 2.28 bits per heavy atom. The molecule has 0 aliphatic carbocycles. The lowest BCUT2D eigenvalue weighted by Crippen LogP contribution is -2.48. The summed E-state index contributed by atoms with van der Waals surface area (Å²) >= 11 is 3.53. The van der Waals surface area contributed by atoms with Gasteiger partial charge in [-0.15, -0.1) is 0 Å². The van der Waals surface area contributed by atoms with Crippen LogP contribution in [-0.4, -0.2) is 43.6 Å². The average molecular weight is 412 g/mol. The number of para-hydroxylation sites is 1. The molecule has 0 unspecified atom stereocenters. The average Bonchev–Trinajstić information content (AvgIpc) is 3.30. The number of nitrogens with one attached hydrogen (secondary N) is 1. The van der Waals surface area contributed by atoms with Gasteiger partial charge in [0.05, 0.1) is 23.6 Å². The van der Waals surface area contributed by atoms with Gasteiger partial charge < -0.3 is 10.2 Å². The Bertz CT molecular complexity index is 901. The number of hydrogen-bond donors (Lipinski definition) is 2. The first-order chi connectivity index (χ1) is 14.0. The molecule has 0 radical (unpaired) electrons. The minimum Gasteiger partial charge on any atom is -0.314 e. The van der Waals surface area contributed by atoms with Crippen LogP contribution in [0.2, 0.25) is 0 Å². The third-order valence-electron chi connectivity index (χ3n) is 5.43. The van der Waals surface area contributed by atoms with Gasteiger partial charge in [-0.25, -0.2) is 4.90 Å². The molecule has 0 spiro atoms. The smallest absolute Gasteiger partial charge is 0.244 e. The third kappa shape index (κ3) is 3.80. The Kier molecular flexibility index (Phi) is 6.39. The van der Waals surface area contributed by atoms with E-state index in [-0.39, 0.29) is 17.7 Å². The quantitative estimate of drug-likeness (QED) is 0.601. The highest BCUT2D eigenvalue weighted by atomic mass is 32.1. The molecule has 3 amide bonds. The molecule has 7 heteroatoms. The fourth-order valence-corrected chi connectivity index (χ4v) is 3.90. The summed E-state index contributed by atoms with van der Waals surface area (Å²) in [5, 5.41) is 3.09. The van der Waals surface area contributed by atoms with E-state index in [1.54, 1.807) is 25.4 Å². The third-order valence-corrected chi connectivity index (χ3v) is 5.43. The zero-order chi connectivity index (χ0) is 21.1. The molecule has 0 saturated carbocycles. The zero-order valence-electron chi connectivity index (χ0n) is 16.7. The first-order valence-corrected chi connectivity index (χ1v) is 10.3. The molecule has 1 N–H and O–H groups in total. The van der Waals surface area contributed by atoms with E-state index in [1.807, 2.05) is 49.4 Å². The van der Waals surface area contributed by atoms with E-state index >= 15 is 0 Å². The molecule has 2 heterocycles. The van der Waals surface area contributed by atoms with E-state index in [0.29, 0.717) is 12.2 Å². The molecule has 4 rings (SSSR count). The van der Waals surface area contributed by atoms with Crippen molar-refractivity contribution in [2.45, 2.75) is 13.0 Å². The van der Waals surface area contributed by atoms with Crippen molar-refractivity contribution in [3.63, 3.8) is 0 Å². The van der Waals surface area contributed by atoms with Crippen LogP contribution >= 0.6 is 12.6 Å². The Hall–Kier alpha value is -2.64. The SMILES string of the molecule is CS.Cc1ccc(N2C(=O)[C@@H]3[C@@H](CN[C@H]3C(=O)N(C)c3ccccc3)C2=O)cc1. The first kappa shape index (κ1) is 21.1. The second-order valence-electron chi connectivity index (χ2n) is 7.10. The number of imide groups is 1. The Labute approximate surface area is 176 Å². The Morgan fingerprint density at radius 1 is 1.03 bits per heavy atom. The van der Waals surface area contributed by atoms with Gasteiger partial charge in [-0.3, -0.25) is 14.4 Å². The van der Waals surface area contributed by atoms with Crippen LogP contribution in [0, 0.1) is 18.8 Å². The standard InChI is InChI=1S/C21H21N3O3.CH4S/c1-13-8-10-15(11-9-13)24-19(25)16-12-22-18(17(16)20(24)26)21(27)23(2)14-6-4-3-5-7-14;1-2/h3-11,16-18,22H,12H2,1-2H3;2H,1H3/t16-,17-,18-;/m1./s1. The summed E-state index contributed by atoms with van der Waals surface area (Å²) in [6.45, 7) is 2.28. The maximum Gasteiger partial charge on any atom is 0.244 e. The van der Waals surface area contributed by atoms with Crippen LogP contribution in [0.15, 0.2) is 54.6 Å². The second kappa shape index (κ2) is 8.80. The molecule has 2 saturated heterocycles. The van der Waals surface area contributed by atoms with Gasteiger partial charge in [0.15, 0.2) is 0 Å². The molecule has 6 nitrogen and oxygen atoms in total. The lowest BCUT2D eigenvalue weighted by atomic mass is 9.92. The molecule has 2 aliphatic heterocycles. The predicted octanol–water partition coefficient (Wildman–Crippen LogP) is 2.28. The molecule has 152 valence electrons. The molecule has 0 bridgehead atoms. The van der Waals surface area contributed by atoms with E-state index in [0.717, 1.165) is 11.3 Å². The fraction of sp³-hybridized carbons (Fsp3) is 0.318. The number of rotatable bonds is 3. The molecule has 29 heavy (non-hydrogen) atoms. The summed E-state index contributed by atoms with van der Waals surface area (Å²) in [7, 11) is 1.69. The van der Waals surface area contributed by atoms with Crippen molar-refractivity contribution < 1.29 is 14.4 Å². The number of likely N-dealkylation sites (N-methyl/N-ethyl adjacent to an activating group) is 1. The zero-order valence-corrected chi connectivity index (χ0v) is 17.6. The van der Waals surface area contributed by atoms with Crippen LogP contribution in [0.5, 0.6) is 0 Å². The van der Waals surface area contributed by atoms with Gasteiger partial charge in [0.1, 0.15) is 0 Å². The second-order valence-corrected chi connectivity index (χ2v) is 7.10. The van der Waals surface area contributed by atoms with Crippen molar-refractivity contribution in [1.82, 2.24) is 5.32 Å². The molecule has 2 aliphatic rings. The minimum atomic E-state index is -0.702. The van der Waals surface area contributed by atoms with E-state index in [4.69, 9.17) is 0 Å². The molecular formula is C22H25N3O3S. The number of carbonyl (C=O) groups excluding carboxylic acids is 3. The van der Waals surface area contributed by atoms with Crippen LogP contribution in [-0.2, 0) is 14.4 Å². The maximum absolute atomic E-state index is 13.1. The van der Waals surface area contributed by atoms with Crippen molar-refractivity contribution in [2.75, 3.05) is 29.6 Å². The Morgan fingerprint density at radius 2 is 1.66 bits per heavy atom. The van der Waals surface area contributed by atoms with Gasteiger partial charge in [-0.1, -0.05) is 35.9 Å². The van der Waals surface area contributed by atoms with Crippen molar-refractivity contribution in [2.24, 2.45) is 11.8 Å². The van der Waals surface area contributed by atoms with Crippen LogP contribution in [0.4, 0.5) is 11.4 Å². The number of thiol groups is 1. The number of hydrogen-bond acceptors (Lipinski definition) is 5. The highest BCUT2D eigenvalue weighted by Crippen LogP contribution is 2.37. The molecular weight excluding hydrogens is 386 g/mol. The maximum atomic E-state index is 13.1. The molecule has 2 aromatic carbocycles. The molecule has 2 aromatic rings. The lowest BCUT2D eigenvalue weighted by Gasteiger charge is -2.24. The number of anilines is 2. The summed E-state index contributed by atoms with van der Waals surface area (Å²) in [5.74, 6) is -1.92. The normalized spacial score (nSPS) is 22.8. The van der Waals surface area contributed by atoms with Crippen molar-refractivity contribution in [1.29, 1.82) is 0 Å². The highest BCUT2D eigenvalue weighted by molar-refractivity contribution is 7.79. The number of nitrogens with zero attached hydrogens (tertiary/aromatic N) is 2. The van der Waals surface area contributed by atoms with Gasteiger partial charge in [-0.2, -0.15) is 12.6 Å². The number of amides is 3. The number of aryl methyl sites for hydroxylation is 1. The van der Waals surface area contributed by atoms with Gasteiger partial charge >= 0.3 is 0 Å². The van der Waals surface area contributed by atoms with Gasteiger partial charge in [-0.05, 0) is 37.4 Å². The van der Waals surface area contributed by atoms with Crippen molar-refractivity contribution in [3.05, 3.63) is 60.2 Å². The van der Waals surface area contributed by atoms with E-state index < -0.39 is 17.9 Å². The van der Waals surface area contributed by atoms with E-state index in [9.17, 15) is 14.4 Å². The summed E-state index contributed by atoms with van der Waals surface area (Å²) in [6.07, 6.45) is 1.69. The molecule has 0 aromatic heterocycles. The molecule has 3 atom stereocenters. The lowest BCUT2D eigenvalue weighted by molar-refractivity contribution is -0.127. The fourth-order valence-electron chi connectivity index (χ4n) is 3.90. The molecule has 2 fully saturated rings. The number of fused-ring (bicyclic) bond motifs is 1. The van der Waals surface area contributed by atoms with Crippen molar-refractivity contribution >= 4 is 41.7 Å². The van der Waals surface area contributed by atoms with Crippen LogP contribution in [0.25, 0.3) is 0 Å². The van der Waals surface area contributed by atoms with Gasteiger partial charge in [0.2, 0.25) is 17.7 Å². The van der Waals surface area contributed by atoms with E-state index in [2.05, 4.69) is 17.9 Å². The predicted molar refractivity (Wildman–Crippen MR) is 117 cm³/mol. The minimum absolute atomic E-state index is 0.208. The first-order valence-electron chi connectivity index (χ1n) is 9.44. The Balaban J connectivity index is 0.00000117. The van der Waals surface area contributed by atoms with Crippen molar-refractivity contribution in [3.8, 4) is 0 Å². The van der Waals surface area contributed by atoms with Gasteiger partial charge in [0.25, 0.3) is 0 Å². The van der Waals surface area contributed by atoms with E-state index in [1.165, 1.54) is 9.80 Å². The highest BCUT2D eigenvalue weighted by Gasteiger charge is 2.57. The van der Waals surface area contributed by atoms with Crippen LogP contribution in [0.1, 0.15) is 5.56 Å². The topological polar surface area (TPSA) is 69.7 Å². The summed E-state index contributed by atoms with van der Waals surface area (Å²) < 4.78 is 0. The summed E-state index contributed by atoms with van der Waals surface area (Å²) in [6, 6.07) is 15.8. The van der Waals surface area contributed by atoms with Gasteiger partial charge in [0, 0.05) is 19.3 Å². The monoisotopic (exact) mass is 411 g/mol. The number of carbonyl (C=O) groups is 3.